The van der Waals surface area contributed by atoms with Crippen molar-refractivity contribution in [2.45, 2.75) is 13.5 Å². The van der Waals surface area contributed by atoms with Crippen LogP contribution in [-0.4, -0.2) is 49.2 Å². The molecule has 0 aliphatic carbocycles. The smallest absolute Gasteiger partial charge is 0.308 e. The van der Waals surface area contributed by atoms with Gasteiger partial charge in [0.2, 0.25) is 0 Å². The average molecular weight is 457 g/mol. The number of hydrogen-bond donors (Lipinski definition) is 1. The molecule has 0 unspecified atom stereocenters. The Morgan fingerprint density at radius 3 is 2.24 bits per heavy atom. The number of hydrazone groups is 1. The van der Waals surface area contributed by atoms with E-state index in [1.54, 1.807) is 30.5 Å². The lowest BCUT2D eigenvalue weighted by molar-refractivity contribution is -0.131. The van der Waals surface area contributed by atoms with Crippen LogP contribution in [0.3, 0.4) is 0 Å². The van der Waals surface area contributed by atoms with Gasteiger partial charge in [0.1, 0.15) is 5.75 Å². The van der Waals surface area contributed by atoms with Crippen molar-refractivity contribution in [2.75, 3.05) is 31.1 Å². The quantitative estimate of drug-likeness (QED) is 0.254. The van der Waals surface area contributed by atoms with Crippen LogP contribution in [0.1, 0.15) is 28.4 Å². The van der Waals surface area contributed by atoms with Crippen molar-refractivity contribution in [2.24, 2.45) is 5.10 Å². The minimum Gasteiger partial charge on any atom is -0.427 e. The molecule has 0 spiro atoms. The van der Waals surface area contributed by atoms with Crippen molar-refractivity contribution >= 4 is 23.8 Å². The average Bonchev–Trinajstić information content (AvgIpc) is 2.86. The molecule has 1 heterocycles. The largest absolute Gasteiger partial charge is 0.427 e. The van der Waals surface area contributed by atoms with Crippen LogP contribution < -0.4 is 15.1 Å². The molecule has 1 saturated heterocycles. The zero-order valence-corrected chi connectivity index (χ0v) is 19.2. The lowest BCUT2D eigenvalue weighted by Crippen LogP contribution is -2.45. The maximum Gasteiger partial charge on any atom is 0.308 e. The SMILES string of the molecule is CC(=O)Oc1ccc(C=NNC(=O)c2ccc(CN3CCN(c4ccccc4)CC3)cc2)cc1. The number of carbonyl (C=O) groups excluding carboxylic acids is 2. The van der Waals surface area contributed by atoms with E-state index in [2.05, 4.69) is 44.6 Å². The van der Waals surface area contributed by atoms with Gasteiger partial charge in [-0.2, -0.15) is 5.10 Å². The number of ether oxygens (including phenoxy) is 1. The van der Waals surface area contributed by atoms with E-state index < -0.39 is 0 Å². The predicted molar refractivity (Wildman–Crippen MR) is 133 cm³/mol. The number of piperazine rings is 1. The molecule has 0 saturated carbocycles. The highest BCUT2D eigenvalue weighted by Crippen LogP contribution is 2.17. The van der Waals surface area contributed by atoms with Gasteiger partial charge in [0.15, 0.2) is 0 Å². The van der Waals surface area contributed by atoms with Crippen LogP contribution in [0.4, 0.5) is 5.69 Å². The number of hydrogen-bond acceptors (Lipinski definition) is 6. The Hall–Kier alpha value is -3.97. The van der Waals surface area contributed by atoms with Crippen LogP contribution in [0, 0.1) is 0 Å². The van der Waals surface area contributed by atoms with Gasteiger partial charge in [0, 0.05) is 50.9 Å². The Balaban J connectivity index is 1.23. The van der Waals surface area contributed by atoms with Crippen LogP contribution >= 0.6 is 0 Å². The fourth-order valence-corrected chi connectivity index (χ4v) is 3.84. The van der Waals surface area contributed by atoms with Crippen molar-refractivity contribution in [3.05, 3.63) is 95.6 Å². The maximum absolute atomic E-state index is 12.4. The van der Waals surface area contributed by atoms with E-state index >= 15 is 0 Å². The Bertz CT molecular complexity index is 1120. The van der Waals surface area contributed by atoms with Crippen molar-refractivity contribution < 1.29 is 14.3 Å². The molecule has 3 aromatic rings. The molecule has 0 aromatic heterocycles. The molecule has 1 aliphatic rings. The minimum atomic E-state index is -0.370. The monoisotopic (exact) mass is 456 g/mol. The topological polar surface area (TPSA) is 74.2 Å². The first-order chi connectivity index (χ1) is 16.6. The summed E-state index contributed by atoms with van der Waals surface area (Å²) in [7, 11) is 0. The van der Waals surface area contributed by atoms with Crippen molar-refractivity contribution in [1.82, 2.24) is 10.3 Å². The van der Waals surface area contributed by atoms with Gasteiger partial charge in [0.05, 0.1) is 6.21 Å². The van der Waals surface area contributed by atoms with Gasteiger partial charge in [-0.15, -0.1) is 0 Å². The Labute approximate surface area is 199 Å². The number of nitrogens with one attached hydrogen (secondary N) is 1. The summed E-state index contributed by atoms with van der Waals surface area (Å²) in [5.41, 5.74) is 6.34. The molecule has 1 fully saturated rings. The molecule has 1 N–H and O–H groups in total. The summed E-state index contributed by atoms with van der Waals surface area (Å²) in [6.45, 7) is 6.25. The van der Waals surface area contributed by atoms with E-state index in [1.807, 2.05) is 30.3 Å². The number of nitrogens with zero attached hydrogens (tertiary/aromatic N) is 3. The lowest BCUT2D eigenvalue weighted by atomic mass is 10.1. The molecular formula is C27H28N4O3. The zero-order valence-electron chi connectivity index (χ0n) is 19.2. The van der Waals surface area contributed by atoms with Gasteiger partial charge < -0.3 is 9.64 Å². The summed E-state index contributed by atoms with van der Waals surface area (Å²) in [4.78, 5) is 28.2. The van der Waals surface area contributed by atoms with E-state index in [9.17, 15) is 9.59 Å². The highest BCUT2D eigenvalue weighted by atomic mass is 16.5. The van der Waals surface area contributed by atoms with Gasteiger partial charge in [-0.05, 0) is 59.7 Å². The third kappa shape index (κ3) is 6.52. The lowest BCUT2D eigenvalue weighted by Gasteiger charge is -2.36. The van der Waals surface area contributed by atoms with Crippen molar-refractivity contribution in [3.63, 3.8) is 0 Å². The van der Waals surface area contributed by atoms with Gasteiger partial charge in [-0.1, -0.05) is 30.3 Å². The normalized spacial score (nSPS) is 14.2. The summed E-state index contributed by atoms with van der Waals surface area (Å²) in [5.74, 6) is -0.173. The van der Waals surface area contributed by atoms with Gasteiger partial charge in [-0.3, -0.25) is 14.5 Å². The third-order valence-electron chi connectivity index (χ3n) is 5.64. The van der Waals surface area contributed by atoms with Crippen LogP contribution in [0.25, 0.3) is 0 Å². The van der Waals surface area contributed by atoms with E-state index in [0.29, 0.717) is 11.3 Å². The molecular weight excluding hydrogens is 428 g/mol. The van der Waals surface area contributed by atoms with Crippen LogP contribution in [0.2, 0.25) is 0 Å². The molecule has 174 valence electrons. The summed E-state index contributed by atoms with van der Waals surface area (Å²) < 4.78 is 4.99. The molecule has 34 heavy (non-hydrogen) atoms. The number of amides is 1. The third-order valence-corrected chi connectivity index (χ3v) is 5.64. The number of para-hydroxylation sites is 1. The number of carbonyl (C=O) groups is 2. The van der Waals surface area contributed by atoms with Crippen LogP contribution in [0.15, 0.2) is 84.0 Å². The molecule has 0 radical (unpaired) electrons. The molecule has 0 atom stereocenters. The molecule has 0 bridgehead atoms. The molecule has 3 aromatic carbocycles. The maximum atomic E-state index is 12.4. The second kappa shape index (κ2) is 11.2. The second-order valence-corrected chi connectivity index (χ2v) is 8.16. The molecule has 1 aliphatic heterocycles. The summed E-state index contributed by atoms with van der Waals surface area (Å²) in [6.07, 6.45) is 1.54. The summed E-state index contributed by atoms with van der Waals surface area (Å²) in [6, 6.07) is 25.0. The standard InChI is InChI=1S/C27H28N4O3/c1-21(32)34-26-13-9-22(10-14-26)19-28-29-27(33)24-11-7-23(8-12-24)20-30-15-17-31(18-16-30)25-5-3-2-4-6-25/h2-14,19H,15-18,20H2,1H3,(H,29,33). The first-order valence-electron chi connectivity index (χ1n) is 11.3. The predicted octanol–water partition coefficient (Wildman–Crippen LogP) is 3.70. The molecule has 7 heteroatoms. The first-order valence-corrected chi connectivity index (χ1v) is 11.3. The fourth-order valence-electron chi connectivity index (χ4n) is 3.84. The van der Waals surface area contributed by atoms with E-state index in [0.717, 1.165) is 38.3 Å². The summed E-state index contributed by atoms with van der Waals surface area (Å²) >= 11 is 0. The molecule has 7 nitrogen and oxygen atoms in total. The highest BCUT2D eigenvalue weighted by Gasteiger charge is 2.17. The van der Waals surface area contributed by atoms with Gasteiger partial charge in [0.25, 0.3) is 5.91 Å². The summed E-state index contributed by atoms with van der Waals surface area (Å²) in [5, 5.41) is 4.01. The van der Waals surface area contributed by atoms with E-state index in [1.165, 1.54) is 18.2 Å². The van der Waals surface area contributed by atoms with Crippen LogP contribution in [0.5, 0.6) is 5.75 Å². The van der Waals surface area contributed by atoms with Gasteiger partial charge in [-0.25, -0.2) is 5.43 Å². The van der Waals surface area contributed by atoms with Crippen LogP contribution in [-0.2, 0) is 11.3 Å². The minimum absolute atomic E-state index is 0.268. The number of benzene rings is 3. The molecule has 1 amide bonds. The number of rotatable bonds is 7. The highest BCUT2D eigenvalue weighted by molar-refractivity contribution is 5.94. The Kier molecular flexibility index (Phi) is 7.67. The zero-order chi connectivity index (χ0) is 23.8. The second-order valence-electron chi connectivity index (χ2n) is 8.16. The van der Waals surface area contributed by atoms with Crippen molar-refractivity contribution in [3.8, 4) is 5.75 Å². The Morgan fingerprint density at radius 2 is 1.59 bits per heavy atom. The number of anilines is 1. The first kappa shape index (κ1) is 23.2. The Morgan fingerprint density at radius 1 is 0.912 bits per heavy atom. The number of esters is 1. The fraction of sp³-hybridized carbons (Fsp3) is 0.222. The van der Waals surface area contributed by atoms with E-state index in [-0.39, 0.29) is 11.9 Å². The van der Waals surface area contributed by atoms with E-state index in [4.69, 9.17) is 4.74 Å². The molecule has 4 rings (SSSR count). The van der Waals surface area contributed by atoms with Gasteiger partial charge >= 0.3 is 5.97 Å². The van der Waals surface area contributed by atoms with Crippen molar-refractivity contribution in [1.29, 1.82) is 0 Å².